The van der Waals surface area contributed by atoms with Crippen molar-refractivity contribution in [1.29, 1.82) is 0 Å². The SMILES string of the molecule is CNC(Cc1ccc(OC)c(Br)c1)C1CN2CCN1CC2. The molecule has 3 fully saturated rings. The molecule has 5 heteroatoms. The molecule has 116 valence electrons. The zero-order chi connectivity index (χ0) is 14.8. The quantitative estimate of drug-likeness (QED) is 0.869. The first-order valence-corrected chi connectivity index (χ1v) is 8.46. The van der Waals surface area contributed by atoms with E-state index in [1.54, 1.807) is 7.11 Å². The molecule has 1 aromatic carbocycles. The Hall–Kier alpha value is -0.620. The van der Waals surface area contributed by atoms with Gasteiger partial charge in [-0.3, -0.25) is 9.80 Å². The third kappa shape index (κ3) is 3.26. The van der Waals surface area contributed by atoms with E-state index in [1.165, 1.54) is 38.3 Å². The highest BCUT2D eigenvalue weighted by atomic mass is 79.9. The van der Waals surface area contributed by atoms with E-state index in [1.807, 2.05) is 6.07 Å². The Bertz CT molecular complexity index is 488. The summed E-state index contributed by atoms with van der Waals surface area (Å²) in [5, 5.41) is 3.54. The molecule has 3 aliphatic heterocycles. The second-order valence-electron chi connectivity index (χ2n) is 5.97. The monoisotopic (exact) mass is 353 g/mol. The number of methoxy groups -OCH3 is 1. The minimum absolute atomic E-state index is 0.494. The molecule has 0 amide bonds. The second kappa shape index (κ2) is 6.65. The number of likely N-dealkylation sites (N-methyl/N-ethyl adjacent to an activating group) is 1. The lowest BCUT2D eigenvalue weighted by molar-refractivity contribution is -0.00202. The summed E-state index contributed by atoms with van der Waals surface area (Å²) in [5.41, 5.74) is 1.35. The van der Waals surface area contributed by atoms with E-state index in [0.717, 1.165) is 16.6 Å². The summed E-state index contributed by atoms with van der Waals surface area (Å²) in [6.45, 7) is 6.11. The van der Waals surface area contributed by atoms with Crippen LogP contribution in [-0.4, -0.2) is 68.8 Å². The molecule has 2 unspecified atom stereocenters. The Kier molecular flexibility index (Phi) is 4.84. The molecule has 1 aromatic rings. The molecule has 3 aliphatic rings. The molecule has 2 atom stereocenters. The average molecular weight is 354 g/mol. The van der Waals surface area contributed by atoms with Gasteiger partial charge in [0.2, 0.25) is 0 Å². The van der Waals surface area contributed by atoms with E-state index in [2.05, 4.69) is 50.2 Å². The van der Waals surface area contributed by atoms with Gasteiger partial charge in [0.05, 0.1) is 11.6 Å². The van der Waals surface area contributed by atoms with Gasteiger partial charge in [-0.15, -0.1) is 0 Å². The van der Waals surface area contributed by atoms with Crippen LogP contribution in [0.2, 0.25) is 0 Å². The molecule has 3 heterocycles. The summed E-state index contributed by atoms with van der Waals surface area (Å²) < 4.78 is 6.34. The third-order valence-electron chi connectivity index (χ3n) is 4.83. The predicted molar refractivity (Wildman–Crippen MR) is 89.0 cm³/mol. The number of halogens is 1. The standard InChI is InChI=1S/C16H24BrN3O/c1-18-14(15-11-19-5-7-20(15)8-6-19)10-12-3-4-16(21-2)13(17)9-12/h3-4,9,14-15,18H,5-8,10-11H2,1-2H3. The fraction of sp³-hybridized carbons (Fsp3) is 0.625. The zero-order valence-corrected chi connectivity index (χ0v) is 14.4. The first-order chi connectivity index (χ1) is 10.2. The van der Waals surface area contributed by atoms with E-state index in [-0.39, 0.29) is 0 Å². The van der Waals surface area contributed by atoms with Gasteiger partial charge in [-0.2, -0.15) is 0 Å². The number of rotatable bonds is 5. The number of nitrogens with zero attached hydrogens (tertiary/aromatic N) is 2. The van der Waals surface area contributed by atoms with Crippen molar-refractivity contribution in [3.63, 3.8) is 0 Å². The number of ether oxygens (including phenoxy) is 1. The van der Waals surface area contributed by atoms with Crippen LogP contribution in [0.15, 0.2) is 22.7 Å². The maximum absolute atomic E-state index is 5.31. The number of fused-ring (bicyclic) bond motifs is 3. The Morgan fingerprint density at radius 1 is 1.33 bits per heavy atom. The molecule has 1 N–H and O–H groups in total. The Balaban J connectivity index is 1.71. The largest absolute Gasteiger partial charge is 0.496 e. The fourth-order valence-corrected chi connectivity index (χ4v) is 4.15. The maximum Gasteiger partial charge on any atom is 0.133 e. The highest BCUT2D eigenvalue weighted by Crippen LogP contribution is 2.27. The highest BCUT2D eigenvalue weighted by molar-refractivity contribution is 9.10. The van der Waals surface area contributed by atoms with Gasteiger partial charge in [0.15, 0.2) is 0 Å². The van der Waals surface area contributed by atoms with Gasteiger partial charge >= 0.3 is 0 Å². The molecule has 3 saturated heterocycles. The zero-order valence-electron chi connectivity index (χ0n) is 12.8. The van der Waals surface area contributed by atoms with Gasteiger partial charge in [0.1, 0.15) is 5.75 Å². The van der Waals surface area contributed by atoms with E-state index in [4.69, 9.17) is 4.74 Å². The van der Waals surface area contributed by atoms with Crippen LogP contribution in [0.3, 0.4) is 0 Å². The van der Waals surface area contributed by atoms with E-state index in [9.17, 15) is 0 Å². The van der Waals surface area contributed by atoms with Crippen molar-refractivity contribution in [2.75, 3.05) is 46.9 Å². The van der Waals surface area contributed by atoms with Crippen LogP contribution in [0.25, 0.3) is 0 Å². The molecule has 0 saturated carbocycles. The van der Waals surface area contributed by atoms with Crippen LogP contribution in [0.5, 0.6) is 5.75 Å². The highest BCUT2D eigenvalue weighted by Gasteiger charge is 2.36. The second-order valence-corrected chi connectivity index (χ2v) is 6.83. The Labute approximate surface area is 135 Å². The number of piperazine rings is 3. The molecular formula is C16H24BrN3O. The molecule has 0 spiro atoms. The summed E-state index contributed by atoms with van der Waals surface area (Å²) >= 11 is 3.58. The molecule has 0 aromatic heterocycles. The summed E-state index contributed by atoms with van der Waals surface area (Å²) in [6.07, 6.45) is 1.05. The molecule has 0 aliphatic carbocycles. The van der Waals surface area contributed by atoms with E-state index in [0.29, 0.717) is 12.1 Å². The van der Waals surface area contributed by atoms with Crippen molar-refractivity contribution in [2.24, 2.45) is 0 Å². The van der Waals surface area contributed by atoms with Crippen LogP contribution < -0.4 is 10.1 Å². The summed E-state index contributed by atoms with van der Waals surface area (Å²) in [7, 11) is 3.79. The van der Waals surface area contributed by atoms with Gasteiger partial charge in [0.25, 0.3) is 0 Å². The summed E-state index contributed by atoms with van der Waals surface area (Å²) in [5.74, 6) is 0.895. The average Bonchev–Trinajstić information content (AvgIpc) is 2.54. The van der Waals surface area contributed by atoms with Crippen LogP contribution in [0, 0.1) is 0 Å². The maximum atomic E-state index is 5.31. The Morgan fingerprint density at radius 2 is 2.10 bits per heavy atom. The van der Waals surface area contributed by atoms with Crippen molar-refractivity contribution in [1.82, 2.24) is 15.1 Å². The summed E-state index contributed by atoms with van der Waals surface area (Å²) in [4.78, 5) is 5.25. The normalized spacial score (nSPS) is 29.4. The van der Waals surface area contributed by atoms with Gasteiger partial charge in [-0.05, 0) is 47.1 Å². The van der Waals surface area contributed by atoms with Gasteiger partial charge in [-0.25, -0.2) is 0 Å². The molecule has 21 heavy (non-hydrogen) atoms. The van der Waals surface area contributed by atoms with Gasteiger partial charge in [0, 0.05) is 44.8 Å². The minimum Gasteiger partial charge on any atom is -0.496 e. The lowest BCUT2D eigenvalue weighted by atomic mass is 9.94. The minimum atomic E-state index is 0.494. The van der Waals surface area contributed by atoms with Crippen molar-refractivity contribution >= 4 is 15.9 Å². The molecule has 0 radical (unpaired) electrons. The smallest absolute Gasteiger partial charge is 0.133 e. The first-order valence-electron chi connectivity index (χ1n) is 7.67. The number of nitrogens with one attached hydrogen (secondary N) is 1. The molecular weight excluding hydrogens is 330 g/mol. The van der Waals surface area contributed by atoms with E-state index < -0.39 is 0 Å². The lowest BCUT2D eigenvalue weighted by Gasteiger charge is -2.50. The van der Waals surface area contributed by atoms with Crippen LogP contribution in [0.4, 0.5) is 0 Å². The van der Waals surface area contributed by atoms with Crippen molar-refractivity contribution < 1.29 is 4.74 Å². The van der Waals surface area contributed by atoms with Crippen molar-refractivity contribution in [3.8, 4) is 5.75 Å². The number of hydrogen-bond donors (Lipinski definition) is 1. The van der Waals surface area contributed by atoms with E-state index >= 15 is 0 Å². The van der Waals surface area contributed by atoms with Gasteiger partial charge in [-0.1, -0.05) is 6.07 Å². The van der Waals surface area contributed by atoms with Crippen LogP contribution in [-0.2, 0) is 6.42 Å². The molecule has 4 rings (SSSR count). The number of hydrogen-bond acceptors (Lipinski definition) is 4. The first kappa shape index (κ1) is 15.3. The van der Waals surface area contributed by atoms with Crippen molar-refractivity contribution in [2.45, 2.75) is 18.5 Å². The summed E-state index contributed by atoms with van der Waals surface area (Å²) in [6, 6.07) is 7.51. The third-order valence-corrected chi connectivity index (χ3v) is 5.45. The predicted octanol–water partition coefficient (Wildman–Crippen LogP) is 1.59. The molecule has 4 nitrogen and oxygen atoms in total. The lowest BCUT2D eigenvalue weighted by Crippen LogP contribution is -2.66. The fourth-order valence-electron chi connectivity index (χ4n) is 3.56. The Morgan fingerprint density at radius 3 is 2.62 bits per heavy atom. The van der Waals surface area contributed by atoms with Crippen LogP contribution in [0.1, 0.15) is 5.56 Å². The topological polar surface area (TPSA) is 27.7 Å². The van der Waals surface area contributed by atoms with Crippen molar-refractivity contribution in [3.05, 3.63) is 28.2 Å². The molecule has 2 bridgehead atoms. The number of benzene rings is 1. The van der Waals surface area contributed by atoms with Crippen LogP contribution >= 0.6 is 15.9 Å². The van der Waals surface area contributed by atoms with Gasteiger partial charge < -0.3 is 10.1 Å².